The number of pyridine rings is 1. The second-order valence-electron chi connectivity index (χ2n) is 28.6. The predicted molar refractivity (Wildman–Crippen MR) is 359 cm³/mol. The van der Waals surface area contributed by atoms with Crippen molar-refractivity contribution >= 4 is 71.1 Å². The summed E-state index contributed by atoms with van der Waals surface area (Å²) in [7, 11) is 8.38. The minimum atomic E-state index is -1.67. The third kappa shape index (κ3) is 24.4. The van der Waals surface area contributed by atoms with Crippen molar-refractivity contribution in [3.8, 4) is 0 Å². The number of cyclic esters (lactones) is 1. The van der Waals surface area contributed by atoms with Gasteiger partial charge >= 0.3 is 5.97 Å². The van der Waals surface area contributed by atoms with Gasteiger partial charge in [-0.05, 0) is 124 Å². The van der Waals surface area contributed by atoms with Gasteiger partial charge in [0, 0.05) is 48.0 Å². The molecule has 0 spiro atoms. The van der Waals surface area contributed by atoms with Crippen LogP contribution in [0.3, 0.4) is 0 Å². The van der Waals surface area contributed by atoms with E-state index < -0.39 is 156 Å². The summed E-state index contributed by atoms with van der Waals surface area (Å²) in [6, 6.07) is -6.09. The molecule has 12 atom stereocenters. The van der Waals surface area contributed by atoms with Crippen LogP contribution in [0.1, 0.15) is 174 Å². The number of carbonyl (C=O) groups is 11. The number of aromatic nitrogens is 1. The van der Waals surface area contributed by atoms with Crippen LogP contribution in [-0.2, 0) is 57.5 Å². The van der Waals surface area contributed by atoms with Crippen molar-refractivity contribution in [3.05, 3.63) is 35.7 Å². The van der Waals surface area contributed by atoms with E-state index in [1.807, 2.05) is 94.4 Å². The molecule has 0 bridgehead atoms. The molecule has 2 rings (SSSR count). The monoisotopic (exact) mass is 1310 g/mol. The highest BCUT2D eigenvalue weighted by Gasteiger charge is 2.45. The van der Waals surface area contributed by atoms with Crippen LogP contribution in [0.15, 0.2) is 24.3 Å². The number of amides is 10. The maximum atomic E-state index is 15.3. The smallest absolute Gasteiger partial charge is 0.329 e. The van der Waals surface area contributed by atoms with Crippen LogP contribution >= 0.6 is 0 Å². The topological polar surface area (TPSA) is 298 Å². The van der Waals surface area contributed by atoms with E-state index in [0.717, 1.165) is 15.5 Å². The molecule has 24 nitrogen and oxygen atoms in total. The normalized spacial score (nSPS) is 25.5. The van der Waals surface area contributed by atoms with Crippen LogP contribution in [-0.4, -0.2) is 220 Å². The van der Waals surface area contributed by atoms with E-state index in [0.29, 0.717) is 5.69 Å². The van der Waals surface area contributed by atoms with Crippen LogP contribution in [0.5, 0.6) is 0 Å². The first-order valence-electron chi connectivity index (χ1n) is 33.4. The number of rotatable bonds is 18. The molecule has 0 aromatic carbocycles. The Morgan fingerprint density at radius 3 is 1.40 bits per heavy atom. The molecule has 0 radical (unpaired) electrons. The molecule has 0 saturated carbocycles. The van der Waals surface area contributed by atoms with E-state index in [2.05, 4.69) is 26.3 Å². The summed E-state index contributed by atoms with van der Waals surface area (Å²) in [5.74, 6) is -10.9. The molecule has 0 unspecified atom stereocenters. The van der Waals surface area contributed by atoms with Crippen molar-refractivity contribution in [3.63, 3.8) is 0 Å². The number of hydrogen-bond acceptors (Lipinski definition) is 14. The molecular formula is C69H117N11O13. The molecule has 1 fully saturated rings. The maximum Gasteiger partial charge on any atom is 0.329 e. The molecule has 1 aromatic heterocycles. The number of aryl methyl sites for hydroxylation is 1. The number of allylic oxidation sites excluding steroid dienone is 1. The Balaban J connectivity index is 3.02. The zero-order chi connectivity index (χ0) is 71.4. The fraction of sp³-hybridized carbons (Fsp3) is 0.739. The van der Waals surface area contributed by atoms with E-state index in [1.54, 1.807) is 53.7 Å². The van der Waals surface area contributed by atoms with E-state index in [9.17, 15) is 43.5 Å². The summed E-state index contributed by atoms with van der Waals surface area (Å²) >= 11 is 0. The second-order valence-corrected chi connectivity index (χ2v) is 28.6. The van der Waals surface area contributed by atoms with Crippen molar-refractivity contribution in [2.24, 2.45) is 47.3 Å². The summed E-state index contributed by atoms with van der Waals surface area (Å²) in [6.45, 7) is 31.3. The van der Waals surface area contributed by atoms with Crippen molar-refractivity contribution in [1.29, 1.82) is 0 Å². The van der Waals surface area contributed by atoms with Crippen LogP contribution in [0.2, 0.25) is 0 Å². The molecular weight excluding hydrogens is 1190 g/mol. The zero-order valence-electron chi connectivity index (χ0n) is 60.5. The first kappa shape index (κ1) is 82.1. The molecule has 526 valence electrons. The Kier molecular flexibility index (Phi) is 33.4. The van der Waals surface area contributed by atoms with Crippen molar-refractivity contribution in [1.82, 2.24) is 55.7 Å². The highest BCUT2D eigenvalue weighted by atomic mass is 16.6. The molecule has 93 heavy (non-hydrogen) atoms. The molecule has 10 amide bonds. The lowest BCUT2D eigenvalue weighted by Crippen LogP contribution is -2.63. The largest absolute Gasteiger partial charge is 0.450 e. The molecule has 1 aromatic rings. The number of nitrogens with one attached hydrogen (secondary N) is 4. The Bertz CT molecular complexity index is 2730. The Labute approximate surface area is 555 Å². The number of hydrogen-bond donors (Lipinski definition) is 5. The van der Waals surface area contributed by atoms with E-state index >= 15 is 14.4 Å². The van der Waals surface area contributed by atoms with Gasteiger partial charge in [0.05, 0.1) is 18.3 Å². The molecule has 5 N–H and O–H groups in total. The Hall–Kier alpha value is -6.98. The van der Waals surface area contributed by atoms with Gasteiger partial charge in [-0.25, -0.2) is 4.79 Å². The number of likely N-dealkylation sites (N-methyl/N-ethyl adjacent to an activating group) is 6. The number of aliphatic hydroxyl groups excluding tert-OH is 1. The van der Waals surface area contributed by atoms with Crippen molar-refractivity contribution < 1.29 is 62.6 Å². The number of nitrogens with zero attached hydrogens (tertiary/aromatic N) is 7. The van der Waals surface area contributed by atoms with E-state index in [4.69, 9.17) is 4.74 Å². The highest BCUT2D eigenvalue weighted by molar-refractivity contribution is 5.99. The molecule has 24 heteroatoms. The summed E-state index contributed by atoms with van der Waals surface area (Å²) in [5.41, 5.74) is 1.45. The quantitative estimate of drug-likeness (QED) is 0.118. The summed E-state index contributed by atoms with van der Waals surface area (Å²) in [4.78, 5) is 173. The molecule has 1 saturated heterocycles. The maximum absolute atomic E-state index is 15.3. The lowest BCUT2D eigenvalue weighted by atomic mass is 9.91. The first-order chi connectivity index (χ1) is 43.1. The number of esters is 1. The summed E-state index contributed by atoms with van der Waals surface area (Å²) in [6.07, 6.45) is 1.35. The third-order valence-electron chi connectivity index (χ3n) is 17.0. The standard InChI is InChI=1S/C69H117N11O13/c1-25-49-64(87)75(19)37-55(81)76(20)52(34-40(6)7)61(84)73-50(32-38(2)3)65(88)77(21)53(35-41(8)9)60(83)71-47(18)69(92)93-59(44(14)15)68(91)78(22)54(36-42(10)11)62(85)74-51(33-39(4)5)66(89)79(23)56(43(12)13)67(90)80(24)57(63(86)72-49)58(82)45(16)28-26-30-48-31-27-29-46(17)70-48/h26-27,29-31,38-45,47,49-54,56-59,82H,25,28,32-37H2,1-24H3,(H,71,83)(H,72,86)(H,73,84)(H,74,85)/b30-26+/t45-,47+,49+,50+,51+,52+,53+,54+,56+,57+,58-,59-/m1/s1. The van der Waals surface area contributed by atoms with E-state index in [-0.39, 0.29) is 74.5 Å². The third-order valence-corrected chi connectivity index (χ3v) is 17.0. The van der Waals surface area contributed by atoms with Gasteiger partial charge < -0.3 is 60.5 Å². The SMILES string of the molecule is CC[C@@H]1NC(=O)[C@H]([C@H](O)[C@H](C)C/C=C/c2cccc(C)n2)N(C)C(=O)[C@H](C(C)C)N(C)C(=O)[C@H](CC(C)C)NC(=O)[C@H](CC(C)C)N(C)C(=O)[C@@H](C(C)C)OC(=O)[C@H](C)NC(=O)[C@H](CC(C)C)N(C)C(=O)[C@H](CC(C)C)NC(=O)[C@H](CC(C)C)N(C)C(=O)CN(C)C1=O. The van der Waals surface area contributed by atoms with Gasteiger partial charge in [0.25, 0.3) is 5.91 Å². The van der Waals surface area contributed by atoms with Crippen LogP contribution in [0, 0.1) is 54.3 Å². The lowest BCUT2D eigenvalue weighted by Gasteiger charge is -2.40. The molecule has 1 aliphatic heterocycles. The number of aliphatic hydroxyl groups is 1. The van der Waals surface area contributed by atoms with Gasteiger partial charge in [0.15, 0.2) is 6.10 Å². The minimum absolute atomic E-state index is 0.000978. The van der Waals surface area contributed by atoms with Crippen molar-refractivity contribution in [2.75, 3.05) is 48.8 Å². The minimum Gasteiger partial charge on any atom is -0.450 e. The fourth-order valence-electron chi connectivity index (χ4n) is 11.5. The average molecular weight is 1310 g/mol. The van der Waals surface area contributed by atoms with Gasteiger partial charge in [-0.15, -0.1) is 0 Å². The van der Waals surface area contributed by atoms with Gasteiger partial charge in [0.1, 0.15) is 54.4 Å². The second kappa shape index (κ2) is 37.8. The molecule has 1 aliphatic rings. The van der Waals surface area contributed by atoms with Gasteiger partial charge in [-0.3, -0.25) is 52.9 Å². The molecule has 0 aliphatic carbocycles. The Morgan fingerprint density at radius 1 is 0.527 bits per heavy atom. The lowest BCUT2D eigenvalue weighted by molar-refractivity contribution is -0.166. The summed E-state index contributed by atoms with van der Waals surface area (Å²) < 4.78 is 5.92. The van der Waals surface area contributed by atoms with Gasteiger partial charge in [0.2, 0.25) is 53.2 Å². The molecule has 2 heterocycles. The average Bonchev–Trinajstić information content (AvgIpc) is 0.825. The van der Waals surface area contributed by atoms with Gasteiger partial charge in [-0.2, -0.15) is 0 Å². The Morgan fingerprint density at radius 2 is 0.957 bits per heavy atom. The number of ether oxygens (including phenoxy) is 1. The number of carbonyl (C=O) groups excluding carboxylic acids is 11. The zero-order valence-corrected chi connectivity index (χ0v) is 60.5. The highest BCUT2D eigenvalue weighted by Crippen LogP contribution is 2.25. The van der Waals surface area contributed by atoms with E-state index in [1.165, 1.54) is 68.8 Å². The van der Waals surface area contributed by atoms with Crippen LogP contribution < -0.4 is 21.3 Å². The van der Waals surface area contributed by atoms with Crippen molar-refractivity contribution in [2.45, 2.75) is 236 Å². The summed E-state index contributed by atoms with van der Waals surface area (Å²) in [5, 5.41) is 23.6. The fourth-order valence-corrected chi connectivity index (χ4v) is 11.5. The van der Waals surface area contributed by atoms with Gasteiger partial charge in [-0.1, -0.05) is 123 Å². The first-order valence-corrected chi connectivity index (χ1v) is 33.4. The predicted octanol–water partition coefficient (Wildman–Crippen LogP) is 5.22. The van der Waals surface area contributed by atoms with Crippen LogP contribution in [0.4, 0.5) is 0 Å². The van der Waals surface area contributed by atoms with Crippen LogP contribution in [0.25, 0.3) is 6.08 Å².